The molecule has 0 bridgehead atoms. The largest absolute Gasteiger partial charge is 0.478 e. The molecule has 0 aliphatic heterocycles. The van der Waals surface area contributed by atoms with Crippen LogP contribution in [0.3, 0.4) is 0 Å². The molecular weight excluding hydrogens is 277 g/mol. The van der Waals surface area contributed by atoms with Gasteiger partial charge in [-0.3, -0.25) is 4.79 Å². The fourth-order valence-electron chi connectivity index (χ4n) is 1.57. The number of rotatable bonds is 4. The number of hydrogen-bond donors (Lipinski definition) is 3. The second-order valence-electron chi connectivity index (χ2n) is 4.32. The minimum absolute atomic E-state index is 0.229. The first-order chi connectivity index (χ1) is 9.11. The summed E-state index contributed by atoms with van der Waals surface area (Å²) in [7, 11) is 0. The van der Waals surface area contributed by atoms with E-state index in [0.29, 0.717) is 12.0 Å². The van der Waals surface area contributed by atoms with Crippen LogP contribution in [0.15, 0.2) is 18.2 Å². The Bertz CT molecular complexity index is 527. The van der Waals surface area contributed by atoms with E-state index in [9.17, 15) is 22.8 Å². The van der Waals surface area contributed by atoms with Crippen LogP contribution in [0.5, 0.6) is 0 Å². The van der Waals surface area contributed by atoms with E-state index in [0.717, 1.165) is 6.07 Å². The Hall–Kier alpha value is -2.09. The predicted molar refractivity (Wildman–Crippen MR) is 65.4 cm³/mol. The second-order valence-corrected chi connectivity index (χ2v) is 4.32. The molecular formula is C12H13F3N2O3. The minimum Gasteiger partial charge on any atom is -0.478 e. The normalized spacial score (nSPS) is 12.8. The number of carboxylic acids is 1. The molecule has 1 amide bonds. The Morgan fingerprint density at radius 3 is 2.45 bits per heavy atom. The summed E-state index contributed by atoms with van der Waals surface area (Å²) < 4.78 is 36.4. The first kappa shape index (κ1) is 16.0. The van der Waals surface area contributed by atoms with Crippen LogP contribution < -0.4 is 11.1 Å². The van der Waals surface area contributed by atoms with Gasteiger partial charge in [0.25, 0.3) is 0 Å². The lowest BCUT2D eigenvalue weighted by atomic mass is 10.0. The molecule has 8 heteroatoms. The number of aromatic carboxylic acids is 1. The molecule has 0 saturated carbocycles. The molecule has 1 aromatic carbocycles. The van der Waals surface area contributed by atoms with Crippen LogP contribution in [-0.4, -0.2) is 29.2 Å². The van der Waals surface area contributed by atoms with Crippen LogP contribution in [0.25, 0.3) is 0 Å². The van der Waals surface area contributed by atoms with Crippen LogP contribution in [0.4, 0.5) is 18.9 Å². The molecule has 20 heavy (non-hydrogen) atoms. The summed E-state index contributed by atoms with van der Waals surface area (Å²) >= 11 is 0. The summed E-state index contributed by atoms with van der Waals surface area (Å²) in [6.45, 7) is 1.71. The van der Waals surface area contributed by atoms with Crippen molar-refractivity contribution in [3.05, 3.63) is 29.3 Å². The van der Waals surface area contributed by atoms with Gasteiger partial charge in [0.05, 0.1) is 11.3 Å². The zero-order chi connectivity index (χ0) is 15.5. The number of halogens is 3. The number of amides is 1. The fraction of sp³-hybridized carbons (Fsp3) is 0.333. The molecule has 4 N–H and O–H groups in total. The van der Waals surface area contributed by atoms with Crippen molar-refractivity contribution in [2.45, 2.75) is 25.6 Å². The lowest BCUT2D eigenvalue weighted by molar-refractivity contribution is -0.167. The van der Waals surface area contributed by atoms with Crippen LogP contribution in [-0.2, 0) is 11.2 Å². The summed E-state index contributed by atoms with van der Waals surface area (Å²) in [4.78, 5) is 21.8. The van der Waals surface area contributed by atoms with Crippen molar-refractivity contribution < 1.29 is 27.9 Å². The summed E-state index contributed by atoms with van der Waals surface area (Å²) in [5.74, 6) is -3.66. The number of hydrogen-bond acceptors (Lipinski definition) is 3. The maximum Gasteiger partial charge on any atom is 0.471 e. The summed E-state index contributed by atoms with van der Waals surface area (Å²) in [6.07, 6.45) is -4.71. The predicted octanol–water partition coefficient (Wildman–Crippen LogP) is 1.78. The molecule has 110 valence electrons. The van der Waals surface area contributed by atoms with Crippen LogP contribution in [0, 0.1) is 0 Å². The Balaban J connectivity index is 3.08. The average molecular weight is 290 g/mol. The Labute approximate surface area is 112 Å². The second kappa shape index (κ2) is 5.91. The molecule has 0 aliphatic carbocycles. The molecule has 1 aromatic rings. The van der Waals surface area contributed by atoms with Crippen LogP contribution in [0.2, 0.25) is 0 Å². The highest BCUT2D eigenvalue weighted by molar-refractivity contribution is 6.02. The van der Waals surface area contributed by atoms with Gasteiger partial charge in [-0.1, -0.05) is 6.07 Å². The summed E-state index contributed by atoms with van der Waals surface area (Å²) in [5.41, 5.74) is 5.29. The summed E-state index contributed by atoms with van der Waals surface area (Å²) in [5, 5.41) is 10.5. The van der Waals surface area contributed by atoms with Crippen molar-refractivity contribution in [1.82, 2.24) is 0 Å². The van der Waals surface area contributed by atoms with Gasteiger partial charge in [-0.25, -0.2) is 4.79 Å². The van der Waals surface area contributed by atoms with Gasteiger partial charge >= 0.3 is 18.1 Å². The zero-order valence-corrected chi connectivity index (χ0v) is 10.5. The third kappa shape index (κ3) is 4.23. The van der Waals surface area contributed by atoms with Crippen molar-refractivity contribution in [2.24, 2.45) is 5.73 Å². The van der Waals surface area contributed by atoms with Gasteiger partial charge in [-0.2, -0.15) is 13.2 Å². The summed E-state index contributed by atoms with van der Waals surface area (Å²) in [6, 6.07) is 3.50. The van der Waals surface area contributed by atoms with E-state index in [1.807, 2.05) is 0 Å². The maximum absolute atomic E-state index is 12.1. The van der Waals surface area contributed by atoms with Gasteiger partial charge in [-0.05, 0) is 31.0 Å². The molecule has 1 rings (SSSR count). The molecule has 0 saturated heterocycles. The number of anilines is 1. The van der Waals surface area contributed by atoms with Crippen molar-refractivity contribution in [3.63, 3.8) is 0 Å². The third-order valence-electron chi connectivity index (χ3n) is 2.38. The van der Waals surface area contributed by atoms with Gasteiger partial charge in [-0.15, -0.1) is 0 Å². The minimum atomic E-state index is -5.08. The maximum atomic E-state index is 12.1. The lowest BCUT2D eigenvalue weighted by Gasteiger charge is -2.12. The standard InChI is InChI=1S/C12H13F3N2O3/c1-6(16)4-7-2-3-9(8(5-7)10(18)19)17-11(20)12(13,14)15/h2-3,5-6H,4,16H2,1H3,(H,17,20)(H,18,19)/t6-/m1/s1. The number of alkyl halides is 3. The third-order valence-corrected chi connectivity index (χ3v) is 2.38. The molecule has 0 fully saturated rings. The molecule has 1 atom stereocenters. The SMILES string of the molecule is C[C@@H](N)Cc1ccc(NC(=O)C(F)(F)F)c(C(=O)O)c1. The van der Waals surface area contributed by atoms with E-state index < -0.39 is 29.3 Å². The Morgan fingerprint density at radius 2 is 2.00 bits per heavy atom. The van der Waals surface area contributed by atoms with Gasteiger partial charge < -0.3 is 16.2 Å². The highest BCUT2D eigenvalue weighted by Gasteiger charge is 2.39. The quantitative estimate of drug-likeness (QED) is 0.788. The number of carbonyl (C=O) groups excluding carboxylic acids is 1. The zero-order valence-electron chi connectivity index (χ0n) is 10.5. The fourth-order valence-corrected chi connectivity index (χ4v) is 1.57. The number of nitrogens with one attached hydrogen (secondary N) is 1. The number of benzene rings is 1. The number of carbonyl (C=O) groups is 2. The van der Waals surface area contributed by atoms with Crippen molar-refractivity contribution in [3.8, 4) is 0 Å². The first-order valence-electron chi connectivity index (χ1n) is 5.61. The van der Waals surface area contributed by atoms with Crippen molar-refractivity contribution in [1.29, 1.82) is 0 Å². The Kier molecular flexibility index (Phi) is 4.72. The van der Waals surface area contributed by atoms with E-state index in [2.05, 4.69) is 0 Å². The van der Waals surface area contributed by atoms with Crippen molar-refractivity contribution >= 4 is 17.6 Å². The highest BCUT2D eigenvalue weighted by Crippen LogP contribution is 2.22. The van der Waals surface area contributed by atoms with Crippen molar-refractivity contribution in [2.75, 3.05) is 5.32 Å². The van der Waals surface area contributed by atoms with Crippen LogP contribution in [0.1, 0.15) is 22.8 Å². The molecule has 0 aromatic heterocycles. The monoisotopic (exact) mass is 290 g/mol. The number of nitrogens with two attached hydrogens (primary N) is 1. The van der Waals surface area contributed by atoms with E-state index in [-0.39, 0.29) is 6.04 Å². The van der Waals surface area contributed by atoms with E-state index in [1.54, 1.807) is 6.92 Å². The number of carboxylic acid groups (broad SMARTS) is 1. The topological polar surface area (TPSA) is 92.4 Å². The molecule has 0 heterocycles. The molecule has 0 radical (unpaired) electrons. The van der Waals surface area contributed by atoms with Gasteiger partial charge in [0.15, 0.2) is 0 Å². The molecule has 5 nitrogen and oxygen atoms in total. The average Bonchev–Trinajstić information content (AvgIpc) is 2.28. The van der Waals surface area contributed by atoms with Gasteiger partial charge in [0.1, 0.15) is 0 Å². The first-order valence-corrected chi connectivity index (χ1v) is 5.61. The molecule has 0 unspecified atom stereocenters. The van der Waals surface area contributed by atoms with E-state index in [1.165, 1.54) is 17.4 Å². The molecule has 0 aliphatic rings. The van der Waals surface area contributed by atoms with Crippen LogP contribution >= 0.6 is 0 Å². The smallest absolute Gasteiger partial charge is 0.471 e. The van der Waals surface area contributed by atoms with Gasteiger partial charge in [0.2, 0.25) is 0 Å². The van der Waals surface area contributed by atoms with E-state index in [4.69, 9.17) is 10.8 Å². The molecule has 0 spiro atoms. The van der Waals surface area contributed by atoms with Gasteiger partial charge in [0, 0.05) is 6.04 Å². The van der Waals surface area contributed by atoms with E-state index >= 15 is 0 Å². The highest BCUT2D eigenvalue weighted by atomic mass is 19.4. The lowest BCUT2D eigenvalue weighted by Crippen LogP contribution is -2.30. The Morgan fingerprint density at radius 1 is 1.40 bits per heavy atom.